The monoisotopic (exact) mass is 356 g/mol. The highest BCUT2D eigenvalue weighted by Gasteiger charge is 2.40. The summed E-state index contributed by atoms with van der Waals surface area (Å²) in [6.07, 6.45) is 1.77. The Hall–Kier alpha value is -2.70. The first kappa shape index (κ1) is 18.1. The number of ether oxygens (including phenoxy) is 1. The number of nitrogens with zero attached hydrogens (tertiary/aromatic N) is 3. The zero-order chi connectivity index (χ0) is 18.7. The van der Waals surface area contributed by atoms with Crippen molar-refractivity contribution in [3.05, 3.63) is 53.7 Å². The van der Waals surface area contributed by atoms with Crippen molar-refractivity contribution in [1.29, 1.82) is 5.53 Å². The smallest absolute Gasteiger partial charge is 0.410 e. The third-order valence-corrected chi connectivity index (χ3v) is 4.45. The lowest BCUT2D eigenvalue weighted by Crippen LogP contribution is -2.32. The maximum atomic E-state index is 12.6. The lowest BCUT2D eigenvalue weighted by Gasteiger charge is -2.21. The largest absolute Gasteiger partial charge is 0.445 e. The van der Waals surface area contributed by atoms with Gasteiger partial charge in [-0.25, -0.2) is 15.3 Å². The molecule has 0 aliphatic carbocycles. The molecule has 3 rings (SSSR count). The fraction of sp³-hybridized carbons (Fsp3) is 0.474. The summed E-state index contributed by atoms with van der Waals surface area (Å²) in [5.41, 5.74) is 8.08. The molecule has 2 atom stereocenters. The Kier molecular flexibility index (Phi) is 5.06. The Morgan fingerprint density at radius 3 is 2.73 bits per heavy atom. The van der Waals surface area contributed by atoms with Crippen LogP contribution in [0.1, 0.15) is 50.4 Å². The molecule has 1 saturated heterocycles. The first-order valence-electron chi connectivity index (χ1n) is 8.68. The maximum absolute atomic E-state index is 12.6. The standard InChI is InChI=1S/C19H24N4O3/c1-19(2,3)16-10-21-17(26-16)15-9-14(22-20)11-23(15)18(24)25-12-13-7-5-4-6-8-13/h4-8,10,14-15,20H,9,11-12H2,1-3H3/t14-,15-/m0/s1. The molecule has 26 heavy (non-hydrogen) atoms. The Bertz CT molecular complexity index is 767. The number of carbonyl (C=O) groups is 1. The zero-order valence-electron chi connectivity index (χ0n) is 15.3. The molecule has 138 valence electrons. The second kappa shape index (κ2) is 7.27. The van der Waals surface area contributed by atoms with Gasteiger partial charge in [0.15, 0.2) is 0 Å². The average molecular weight is 356 g/mol. The van der Waals surface area contributed by atoms with Gasteiger partial charge in [-0.05, 0) is 5.56 Å². The van der Waals surface area contributed by atoms with Gasteiger partial charge in [0.1, 0.15) is 18.4 Å². The summed E-state index contributed by atoms with van der Waals surface area (Å²) in [6, 6.07) is 8.89. The highest BCUT2D eigenvalue weighted by molar-refractivity contribution is 5.68. The molecular formula is C19H24N4O3. The first-order valence-corrected chi connectivity index (χ1v) is 8.68. The van der Waals surface area contributed by atoms with Gasteiger partial charge in [-0.3, -0.25) is 4.90 Å². The number of amides is 1. The Labute approximate surface area is 152 Å². The van der Waals surface area contributed by atoms with Crippen molar-refractivity contribution in [2.45, 2.75) is 51.3 Å². The fourth-order valence-electron chi connectivity index (χ4n) is 2.93. The van der Waals surface area contributed by atoms with E-state index in [1.807, 2.05) is 51.1 Å². The van der Waals surface area contributed by atoms with Crippen molar-refractivity contribution in [1.82, 2.24) is 9.88 Å². The Morgan fingerprint density at radius 1 is 1.38 bits per heavy atom. The van der Waals surface area contributed by atoms with E-state index in [9.17, 15) is 4.79 Å². The van der Waals surface area contributed by atoms with E-state index in [1.54, 1.807) is 11.1 Å². The van der Waals surface area contributed by atoms with Crippen LogP contribution >= 0.6 is 0 Å². The highest BCUT2D eigenvalue weighted by atomic mass is 16.6. The van der Waals surface area contributed by atoms with Gasteiger partial charge in [0.05, 0.1) is 12.2 Å². The predicted molar refractivity (Wildman–Crippen MR) is 94.8 cm³/mol. The van der Waals surface area contributed by atoms with E-state index < -0.39 is 6.09 Å². The minimum absolute atomic E-state index is 0.165. The summed E-state index contributed by atoms with van der Waals surface area (Å²) in [7, 11) is 0. The predicted octanol–water partition coefficient (Wildman–Crippen LogP) is 4.46. The molecule has 1 aliphatic rings. The van der Waals surface area contributed by atoms with Crippen LogP contribution in [0.3, 0.4) is 0 Å². The lowest BCUT2D eigenvalue weighted by atomic mass is 9.94. The van der Waals surface area contributed by atoms with E-state index in [4.69, 9.17) is 14.7 Å². The maximum Gasteiger partial charge on any atom is 0.410 e. The molecule has 1 N–H and O–H groups in total. The molecule has 0 bridgehead atoms. The highest BCUT2D eigenvalue weighted by Crippen LogP contribution is 2.35. The van der Waals surface area contributed by atoms with Crippen molar-refractivity contribution in [3.63, 3.8) is 0 Å². The molecule has 0 saturated carbocycles. The minimum Gasteiger partial charge on any atom is -0.445 e. The molecule has 0 unspecified atom stereocenters. The quantitative estimate of drug-likeness (QED) is 0.819. The lowest BCUT2D eigenvalue weighted by molar-refractivity contribution is 0.0871. The van der Waals surface area contributed by atoms with E-state index in [2.05, 4.69) is 10.1 Å². The molecule has 1 aromatic carbocycles. The van der Waals surface area contributed by atoms with Crippen molar-refractivity contribution in [3.8, 4) is 0 Å². The third kappa shape index (κ3) is 3.92. The van der Waals surface area contributed by atoms with Crippen LogP contribution in [0.25, 0.3) is 0 Å². The first-order chi connectivity index (χ1) is 12.4. The molecule has 1 amide bonds. The number of hydrogen-bond acceptors (Lipinski definition) is 6. The van der Waals surface area contributed by atoms with Gasteiger partial charge < -0.3 is 9.15 Å². The normalized spacial score (nSPS) is 20.2. The van der Waals surface area contributed by atoms with Gasteiger partial charge in [-0.1, -0.05) is 51.1 Å². The molecule has 0 spiro atoms. The number of rotatable bonds is 4. The SMILES string of the molecule is CC(C)(C)c1cnc([C@@H]2C[C@H](N=N)CN2C(=O)OCc2ccccc2)o1. The van der Waals surface area contributed by atoms with Crippen LogP contribution in [0.15, 0.2) is 46.1 Å². The third-order valence-electron chi connectivity index (χ3n) is 4.45. The average Bonchev–Trinajstić information content (AvgIpc) is 3.26. The van der Waals surface area contributed by atoms with E-state index in [0.717, 1.165) is 11.3 Å². The van der Waals surface area contributed by atoms with Crippen LogP contribution in [0, 0.1) is 5.53 Å². The van der Waals surface area contributed by atoms with Gasteiger partial charge in [0.2, 0.25) is 5.89 Å². The number of carbonyl (C=O) groups excluding carboxylic acids is 1. The van der Waals surface area contributed by atoms with Crippen LogP contribution in [0.4, 0.5) is 4.79 Å². The summed E-state index contributed by atoms with van der Waals surface area (Å²) < 4.78 is 11.3. The van der Waals surface area contributed by atoms with Crippen LogP contribution in [-0.2, 0) is 16.8 Å². The van der Waals surface area contributed by atoms with Crippen molar-refractivity contribution < 1.29 is 13.9 Å². The van der Waals surface area contributed by atoms with E-state index >= 15 is 0 Å². The van der Waals surface area contributed by atoms with Crippen LogP contribution in [0.2, 0.25) is 0 Å². The van der Waals surface area contributed by atoms with E-state index in [1.165, 1.54) is 0 Å². The van der Waals surface area contributed by atoms with Crippen molar-refractivity contribution in [2.24, 2.45) is 5.11 Å². The summed E-state index contributed by atoms with van der Waals surface area (Å²) in [4.78, 5) is 18.5. The second-order valence-electron chi connectivity index (χ2n) is 7.54. The van der Waals surface area contributed by atoms with Gasteiger partial charge >= 0.3 is 6.09 Å². The Morgan fingerprint density at radius 2 is 2.12 bits per heavy atom. The summed E-state index contributed by atoms with van der Waals surface area (Å²) in [5.74, 6) is 1.23. The number of hydrogen-bond donors (Lipinski definition) is 1. The van der Waals surface area contributed by atoms with E-state index in [0.29, 0.717) is 18.9 Å². The van der Waals surface area contributed by atoms with Crippen molar-refractivity contribution >= 4 is 6.09 Å². The van der Waals surface area contributed by atoms with Crippen LogP contribution in [0.5, 0.6) is 0 Å². The van der Waals surface area contributed by atoms with Gasteiger partial charge in [-0.15, -0.1) is 0 Å². The topological polar surface area (TPSA) is 91.8 Å². The van der Waals surface area contributed by atoms with Crippen LogP contribution < -0.4 is 0 Å². The number of likely N-dealkylation sites (tertiary alicyclic amines) is 1. The second-order valence-corrected chi connectivity index (χ2v) is 7.54. The molecule has 1 fully saturated rings. The molecule has 1 aliphatic heterocycles. The zero-order valence-corrected chi connectivity index (χ0v) is 15.3. The number of oxazole rings is 1. The fourth-order valence-corrected chi connectivity index (χ4v) is 2.93. The molecule has 2 aromatic rings. The minimum atomic E-state index is -0.444. The molecular weight excluding hydrogens is 332 g/mol. The van der Waals surface area contributed by atoms with Crippen LogP contribution in [-0.4, -0.2) is 28.6 Å². The molecule has 7 nitrogen and oxygen atoms in total. The van der Waals surface area contributed by atoms with Gasteiger partial charge in [0, 0.05) is 18.4 Å². The summed E-state index contributed by atoms with van der Waals surface area (Å²) in [5, 5.41) is 3.60. The van der Waals surface area contributed by atoms with Gasteiger partial charge in [-0.2, -0.15) is 5.11 Å². The number of aromatic nitrogens is 1. The summed E-state index contributed by atoms with van der Waals surface area (Å²) in [6.45, 7) is 6.65. The molecule has 7 heteroatoms. The van der Waals surface area contributed by atoms with Gasteiger partial charge in [0.25, 0.3) is 0 Å². The summed E-state index contributed by atoms with van der Waals surface area (Å²) >= 11 is 0. The molecule has 1 aromatic heterocycles. The molecule has 2 heterocycles. The molecule has 0 radical (unpaired) electrons. The van der Waals surface area contributed by atoms with Crippen molar-refractivity contribution in [2.75, 3.05) is 6.54 Å². The van der Waals surface area contributed by atoms with E-state index in [-0.39, 0.29) is 24.1 Å². The number of benzene rings is 1. The Balaban J connectivity index is 1.74. The number of nitrogens with one attached hydrogen (secondary N) is 1.